The summed E-state index contributed by atoms with van der Waals surface area (Å²) in [4.78, 5) is 30.9. The number of aliphatic imine (C=N–C) groups is 1. The van der Waals surface area contributed by atoms with E-state index in [1.807, 2.05) is 30.3 Å². The van der Waals surface area contributed by atoms with E-state index in [-0.39, 0.29) is 17.9 Å². The summed E-state index contributed by atoms with van der Waals surface area (Å²) < 4.78 is 5.11. The van der Waals surface area contributed by atoms with E-state index in [1.54, 1.807) is 30.3 Å². The van der Waals surface area contributed by atoms with Gasteiger partial charge in [0.25, 0.3) is 0 Å². The predicted molar refractivity (Wildman–Crippen MR) is 168 cm³/mol. The van der Waals surface area contributed by atoms with Crippen LogP contribution in [0.5, 0.6) is 0 Å². The highest BCUT2D eigenvalue weighted by atomic mass is 16.5. The summed E-state index contributed by atoms with van der Waals surface area (Å²) in [5.41, 5.74) is 7.27. The number of rotatable bonds is 10. The summed E-state index contributed by atoms with van der Waals surface area (Å²) >= 11 is 0. The predicted octanol–water partition coefficient (Wildman–Crippen LogP) is 8.93. The van der Waals surface area contributed by atoms with Gasteiger partial charge >= 0.3 is 5.97 Å². The van der Waals surface area contributed by atoms with E-state index in [4.69, 9.17) is 4.74 Å². The molecule has 0 amide bonds. The highest BCUT2D eigenvalue weighted by Gasteiger charge is 2.17. The first-order valence-corrected chi connectivity index (χ1v) is 14.0. The minimum Gasteiger partial charge on any atom is -0.465 e. The molecule has 208 valence electrons. The number of nitrogens with zero attached hydrogens (tertiary/aromatic N) is 1. The molecule has 0 saturated carbocycles. The molecule has 0 saturated heterocycles. The van der Waals surface area contributed by atoms with Gasteiger partial charge in [0, 0.05) is 17.5 Å². The maximum absolute atomic E-state index is 13.3. The van der Waals surface area contributed by atoms with Gasteiger partial charge in [-0.15, -0.1) is 0 Å². The Morgan fingerprint density at radius 2 is 1.20 bits per heavy atom. The summed E-state index contributed by atoms with van der Waals surface area (Å²) in [6.07, 6.45) is 2.25. The van der Waals surface area contributed by atoms with Crippen LogP contribution in [-0.4, -0.2) is 24.6 Å². The zero-order chi connectivity index (χ0) is 29.4. The lowest BCUT2D eigenvalue weighted by molar-refractivity contribution is -0.132. The van der Waals surface area contributed by atoms with Gasteiger partial charge in [0.15, 0.2) is 5.78 Å². The van der Waals surface area contributed by atoms with Crippen molar-refractivity contribution in [2.45, 2.75) is 46.0 Å². The molecule has 0 aromatic heterocycles. The van der Waals surface area contributed by atoms with E-state index >= 15 is 0 Å². The fraction of sp³-hybridized carbons (Fsp3) is 0.216. The Bertz CT molecular complexity index is 1490. The second kappa shape index (κ2) is 13.7. The minimum absolute atomic E-state index is 0.152. The molecule has 0 N–H and O–H groups in total. The molecule has 41 heavy (non-hydrogen) atoms. The molecular formula is C37H37NO3. The quantitative estimate of drug-likeness (QED) is 0.114. The Hall–Kier alpha value is -4.57. The summed E-state index contributed by atoms with van der Waals surface area (Å²) in [6, 6.07) is 33.3. The molecule has 0 aliphatic carbocycles. The van der Waals surface area contributed by atoms with Crippen LogP contribution < -0.4 is 0 Å². The molecule has 0 aliphatic rings. The highest BCUT2D eigenvalue weighted by Crippen LogP contribution is 2.29. The van der Waals surface area contributed by atoms with Crippen molar-refractivity contribution in [1.82, 2.24) is 0 Å². The first-order chi connectivity index (χ1) is 19.8. The molecule has 0 bridgehead atoms. The van der Waals surface area contributed by atoms with Crippen molar-refractivity contribution >= 4 is 28.7 Å². The molecule has 0 atom stereocenters. The topological polar surface area (TPSA) is 55.7 Å². The zero-order valence-electron chi connectivity index (χ0n) is 24.4. The van der Waals surface area contributed by atoms with Crippen LogP contribution in [-0.2, 0) is 9.53 Å². The van der Waals surface area contributed by atoms with Gasteiger partial charge in [0.2, 0.25) is 0 Å². The van der Waals surface area contributed by atoms with Crippen molar-refractivity contribution in [2.75, 3.05) is 7.11 Å². The van der Waals surface area contributed by atoms with Gasteiger partial charge in [-0.25, -0.2) is 9.79 Å². The number of ether oxygens (including phenoxy) is 1. The fourth-order valence-electron chi connectivity index (χ4n) is 4.64. The Labute approximate surface area is 243 Å². The fourth-order valence-corrected chi connectivity index (χ4v) is 4.64. The summed E-state index contributed by atoms with van der Waals surface area (Å²) in [5.74, 6) is 0.172. The zero-order valence-corrected chi connectivity index (χ0v) is 24.4. The molecule has 0 radical (unpaired) electrons. The van der Waals surface area contributed by atoms with E-state index in [2.05, 4.69) is 81.2 Å². The van der Waals surface area contributed by atoms with Crippen LogP contribution in [0.4, 0.5) is 5.69 Å². The first-order valence-electron chi connectivity index (χ1n) is 14.0. The van der Waals surface area contributed by atoms with Gasteiger partial charge in [-0.1, -0.05) is 125 Å². The maximum atomic E-state index is 13.3. The van der Waals surface area contributed by atoms with E-state index in [1.165, 1.54) is 18.2 Å². The number of para-hydroxylation sites is 1. The summed E-state index contributed by atoms with van der Waals surface area (Å²) in [7, 11) is 1.35. The molecule has 4 heteroatoms. The van der Waals surface area contributed by atoms with Crippen molar-refractivity contribution in [3.63, 3.8) is 0 Å². The molecule has 4 rings (SSSR count). The van der Waals surface area contributed by atoms with Crippen LogP contribution >= 0.6 is 0 Å². The third kappa shape index (κ3) is 7.34. The number of hydrogen-bond acceptors (Lipinski definition) is 4. The van der Waals surface area contributed by atoms with Crippen LogP contribution in [0, 0.1) is 0 Å². The molecule has 0 heterocycles. The highest BCUT2D eigenvalue weighted by molar-refractivity contribution is 6.37. The molecule has 0 unspecified atom stereocenters. The standard InChI is InChI=1S/C37H37NO3/c1-25(2)27-15-19-29(20-16-27)32(30-21-17-28(18-22-30)26(3)4)23-24-35(37(40)41-5)38-34-14-10-9-13-33(34)36(39)31-11-7-6-8-12-31/h6-23,25-26H,24H2,1-5H3. The van der Waals surface area contributed by atoms with E-state index in [0.717, 1.165) is 16.7 Å². The largest absolute Gasteiger partial charge is 0.465 e. The number of ketones is 1. The first kappa shape index (κ1) is 29.4. The van der Waals surface area contributed by atoms with Crippen molar-refractivity contribution in [3.05, 3.63) is 143 Å². The molecule has 0 spiro atoms. The van der Waals surface area contributed by atoms with Crippen molar-refractivity contribution in [1.29, 1.82) is 0 Å². The van der Waals surface area contributed by atoms with Crippen molar-refractivity contribution < 1.29 is 14.3 Å². The number of hydrogen-bond donors (Lipinski definition) is 0. The van der Waals surface area contributed by atoms with Gasteiger partial charge in [-0.2, -0.15) is 0 Å². The average molecular weight is 544 g/mol. The van der Waals surface area contributed by atoms with Crippen molar-refractivity contribution in [3.8, 4) is 0 Å². The van der Waals surface area contributed by atoms with E-state index < -0.39 is 5.97 Å². The number of methoxy groups -OCH3 is 1. The summed E-state index contributed by atoms with van der Waals surface area (Å²) in [6.45, 7) is 8.71. The number of carbonyl (C=O) groups is 2. The third-order valence-electron chi connectivity index (χ3n) is 7.14. The molecular weight excluding hydrogens is 506 g/mol. The number of carbonyl (C=O) groups excluding carboxylic acids is 2. The Morgan fingerprint density at radius 1 is 0.683 bits per heavy atom. The Morgan fingerprint density at radius 3 is 1.71 bits per heavy atom. The number of allylic oxidation sites excluding steroid dienone is 1. The monoisotopic (exact) mass is 543 g/mol. The van der Waals surface area contributed by atoms with Crippen LogP contribution in [0.25, 0.3) is 5.57 Å². The molecule has 4 nitrogen and oxygen atoms in total. The van der Waals surface area contributed by atoms with Crippen molar-refractivity contribution in [2.24, 2.45) is 4.99 Å². The Kier molecular flexibility index (Phi) is 9.81. The van der Waals surface area contributed by atoms with E-state index in [9.17, 15) is 9.59 Å². The van der Waals surface area contributed by atoms with Gasteiger partial charge in [-0.05, 0) is 51.8 Å². The number of benzene rings is 4. The lowest BCUT2D eigenvalue weighted by atomic mass is 9.92. The maximum Gasteiger partial charge on any atom is 0.352 e. The van der Waals surface area contributed by atoms with Gasteiger partial charge < -0.3 is 4.74 Å². The normalized spacial score (nSPS) is 11.4. The number of esters is 1. The second-order valence-electron chi connectivity index (χ2n) is 10.6. The summed E-state index contributed by atoms with van der Waals surface area (Å²) in [5, 5.41) is 0. The van der Waals surface area contributed by atoms with Crippen LogP contribution in [0.1, 0.15) is 84.1 Å². The lowest BCUT2D eigenvalue weighted by Gasteiger charge is -2.13. The Balaban J connectivity index is 1.76. The van der Waals surface area contributed by atoms with Crippen LogP contribution in [0.3, 0.4) is 0 Å². The molecule has 4 aromatic carbocycles. The van der Waals surface area contributed by atoms with Crippen LogP contribution in [0.15, 0.2) is 114 Å². The van der Waals surface area contributed by atoms with Crippen LogP contribution in [0.2, 0.25) is 0 Å². The second-order valence-corrected chi connectivity index (χ2v) is 10.6. The molecule has 0 fully saturated rings. The molecule has 0 aliphatic heterocycles. The lowest BCUT2D eigenvalue weighted by Crippen LogP contribution is -2.15. The van der Waals surface area contributed by atoms with Gasteiger partial charge in [0.1, 0.15) is 5.71 Å². The van der Waals surface area contributed by atoms with E-state index in [0.29, 0.717) is 28.7 Å². The van der Waals surface area contributed by atoms with Gasteiger partial charge in [-0.3, -0.25) is 4.79 Å². The minimum atomic E-state index is -0.534. The average Bonchev–Trinajstić information content (AvgIpc) is 3.01. The molecule has 4 aromatic rings. The SMILES string of the molecule is COC(=O)C(CC=C(c1ccc(C(C)C)cc1)c1ccc(C(C)C)cc1)=Nc1ccccc1C(=O)c1ccccc1. The van der Waals surface area contributed by atoms with Gasteiger partial charge in [0.05, 0.1) is 12.8 Å². The third-order valence-corrected chi connectivity index (χ3v) is 7.14. The smallest absolute Gasteiger partial charge is 0.352 e.